The molecular formula is C15H12ClFN2O4S2. The van der Waals surface area contributed by atoms with E-state index in [1.165, 1.54) is 11.3 Å². The summed E-state index contributed by atoms with van der Waals surface area (Å²) in [4.78, 5) is 18.0. The van der Waals surface area contributed by atoms with Gasteiger partial charge in [0, 0.05) is 12.7 Å². The van der Waals surface area contributed by atoms with E-state index in [0.29, 0.717) is 10.0 Å². The van der Waals surface area contributed by atoms with Crippen LogP contribution in [0.4, 0.5) is 10.1 Å². The van der Waals surface area contributed by atoms with Gasteiger partial charge in [-0.25, -0.2) is 12.8 Å². The number of hydrogen-bond donors (Lipinski definition) is 1. The Hall–Kier alpha value is -1.97. The zero-order valence-corrected chi connectivity index (χ0v) is 15.2. The van der Waals surface area contributed by atoms with Crippen LogP contribution < -0.4 is 5.32 Å². The standard InChI is InChI=1S/C15H12ClFN2O4S2/c1-25(21,22)8-2-3-9(17)10(6-8)18-15(20)12-7-11(19-23-12)13-4-5-14(16)24-13/h2-6,12H,7H2,1H3,(H,18,20). The second-order valence-corrected chi connectivity index (χ2v) is 9.07. The highest BCUT2D eigenvalue weighted by Gasteiger charge is 2.30. The number of oxime groups is 1. The predicted octanol–water partition coefficient (Wildman–Crippen LogP) is 3.08. The van der Waals surface area contributed by atoms with Gasteiger partial charge in [-0.1, -0.05) is 16.8 Å². The van der Waals surface area contributed by atoms with E-state index < -0.39 is 27.7 Å². The van der Waals surface area contributed by atoms with E-state index in [-0.39, 0.29) is 17.0 Å². The van der Waals surface area contributed by atoms with Crippen LogP contribution in [0.15, 0.2) is 40.4 Å². The molecule has 0 fully saturated rings. The van der Waals surface area contributed by atoms with Gasteiger partial charge in [-0.2, -0.15) is 0 Å². The summed E-state index contributed by atoms with van der Waals surface area (Å²) in [7, 11) is -3.52. The molecule has 10 heteroatoms. The van der Waals surface area contributed by atoms with E-state index in [9.17, 15) is 17.6 Å². The number of nitrogens with zero attached hydrogens (tertiary/aromatic N) is 1. The second-order valence-electron chi connectivity index (χ2n) is 5.34. The van der Waals surface area contributed by atoms with E-state index in [4.69, 9.17) is 16.4 Å². The number of amides is 1. The normalized spacial score (nSPS) is 17.1. The van der Waals surface area contributed by atoms with E-state index >= 15 is 0 Å². The van der Waals surface area contributed by atoms with E-state index in [1.807, 2.05) is 0 Å². The Balaban J connectivity index is 1.72. The zero-order chi connectivity index (χ0) is 18.2. The molecule has 1 aliphatic rings. The van der Waals surface area contributed by atoms with Crippen molar-refractivity contribution >= 4 is 50.1 Å². The molecule has 25 heavy (non-hydrogen) atoms. The van der Waals surface area contributed by atoms with E-state index in [1.54, 1.807) is 12.1 Å². The SMILES string of the molecule is CS(=O)(=O)c1ccc(F)c(NC(=O)C2CC(c3ccc(Cl)s3)=NO2)c1. The van der Waals surface area contributed by atoms with Crippen molar-refractivity contribution < 1.29 is 22.4 Å². The minimum Gasteiger partial charge on any atom is -0.382 e. The Bertz CT molecular complexity index is 972. The van der Waals surface area contributed by atoms with Crippen molar-refractivity contribution in [3.63, 3.8) is 0 Å². The van der Waals surface area contributed by atoms with Gasteiger partial charge in [-0.3, -0.25) is 4.79 Å². The van der Waals surface area contributed by atoms with E-state index in [2.05, 4.69) is 10.5 Å². The maximum atomic E-state index is 13.9. The predicted molar refractivity (Wildman–Crippen MR) is 93.5 cm³/mol. The van der Waals surface area contributed by atoms with Crippen molar-refractivity contribution in [3.05, 3.63) is 45.4 Å². The van der Waals surface area contributed by atoms with Gasteiger partial charge in [0.2, 0.25) is 6.10 Å². The maximum Gasteiger partial charge on any atom is 0.268 e. The molecule has 0 bridgehead atoms. The molecule has 0 saturated carbocycles. The number of hydrogen-bond acceptors (Lipinski definition) is 6. The van der Waals surface area contributed by atoms with Gasteiger partial charge in [-0.15, -0.1) is 11.3 Å². The Labute approximate surface area is 152 Å². The third-order valence-corrected chi connectivity index (χ3v) is 5.83. The summed E-state index contributed by atoms with van der Waals surface area (Å²) in [5.74, 6) is -1.36. The molecule has 0 radical (unpaired) electrons. The number of rotatable bonds is 4. The van der Waals surface area contributed by atoms with Gasteiger partial charge in [0.1, 0.15) is 11.5 Å². The summed E-state index contributed by atoms with van der Waals surface area (Å²) in [5, 5.41) is 6.20. The molecule has 0 saturated heterocycles. The minimum atomic E-state index is -3.52. The number of benzene rings is 1. The molecule has 6 nitrogen and oxygen atoms in total. The molecule has 2 aromatic rings. The fraction of sp³-hybridized carbons (Fsp3) is 0.200. The van der Waals surface area contributed by atoms with Crippen LogP contribution in [-0.4, -0.2) is 32.4 Å². The summed E-state index contributed by atoms with van der Waals surface area (Å²) in [6.07, 6.45) is 0.269. The summed E-state index contributed by atoms with van der Waals surface area (Å²) in [5.41, 5.74) is 0.339. The van der Waals surface area contributed by atoms with Crippen LogP contribution in [-0.2, 0) is 19.5 Å². The largest absolute Gasteiger partial charge is 0.382 e. The third kappa shape index (κ3) is 4.00. The monoisotopic (exact) mass is 402 g/mol. The number of halogens is 2. The van der Waals surface area contributed by atoms with Crippen molar-refractivity contribution in [1.29, 1.82) is 0 Å². The lowest BCUT2D eigenvalue weighted by Gasteiger charge is -2.11. The number of anilines is 1. The molecule has 1 atom stereocenters. The van der Waals surface area contributed by atoms with Crippen LogP contribution >= 0.6 is 22.9 Å². The molecule has 2 heterocycles. The highest BCUT2D eigenvalue weighted by molar-refractivity contribution is 7.90. The van der Waals surface area contributed by atoms with Gasteiger partial charge in [0.15, 0.2) is 9.84 Å². The van der Waals surface area contributed by atoms with Gasteiger partial charge < -0.3 is 10.2 Å². The maximum absolute atomic E-state index is 13.9. The first kappa shape index (κ1) is 17.8. The van der Waals surface area contributed by atoms with Crippen molar-refractivity contribution in [3.8, 4) is 0 Å². The van der Waals surface area contributed by atoms with Crippen LogP contribution in [0.1, 0.15) is 11.3 Å². The fourth-order valence-electron chi connectivity index (χ4n) is 2.18. The molecule has 1 aromatic carbocycles. The van der Waals surface area contributed by atoms with Crippen LogP contribution in [0, 0.1) is 5.82 Å². The molecule has 3 rings (SSSR count). The van der Waals surface area contributed by atoms with Crippen LogP contribution in [0.5, 0.6) is 0 Å². The van der Waals surface area contributed by atoms with E-state index in [0.717, 1.165) is 29.3 Å². The van der Waals surface area contributed by atoms with Gasteiger partial charge in [0.25, 0.3) is 5.91 Å². The molecule has 0 spiro atoms. The summed E-state index contributed by atoms with van der Waals surface area (Å²) < 4.78 is 37.6. The van der Waals surface area contributed by atoms with Crippen molar-refractivity contribution in [1.82, 2.24) is 0 Å². The average molecular weight is 403 g/mol. The topological polar surface area (TPSA) is 84.8 Å². The summed E-state index contributed by atoms with van der Waals surface area (Å²) in [6.45, 7) is 0. The molecule has 1 aromatic heterocycles. The third-order valence-electron chi connectivity index (χ3n) is 3.44. The molecule has 1 unspecified atom stereocenters. The molecule has 0 aliphatic carbocycles. The first-order valence-corrected chi connectivity index (χ1v) is 10.1. The van der Waals surface area contributed by atoms with Crippen molar-refractivity contribution in [2.45, 2.75) is 17.4 Å². The lowest BCUT2D eigenvalue weighted by molar-refractivity contribution is -0.125. The lowest BCUT2D eigenvalue weighted by atomic mass is 10.1. The van der Waals surface area contributed by atoms with Crippen molar-refractivity contribution in [2.24, 2.45) is 5.16 Å². The summed E-state index contributed by atoms with van der Waals surface area (Å²) in [6, 6.07) is 6.66. The molecule has 1 amide bonds. The number of carbonyl (C=O) groups is 1. The summed E-state index contributed by atoms with van der Waals surface area (Å²) >= 11 is 7.17. The van der Waals surface area contributed by atoms with Crippen LogP contribution in [0.25, 0.3) is 0 Å². The Morgan fingerprint density at radius 3 is 2.80 bits per heavy atom. The van der Waals surface area contributed by atoms with Gasteiger partial charge in [0.05, 0.1) is 19.8 Å². The molecular weight excluding hydrogens is 391 g/mol. The number of nitrogens with one attached hydrogen (secondary N) is 1. The first-order chi connectivity index (χ1) is 11.7. The number of sulfone groups is 1. The smallest absolute Gasteiger partial charge is 0.268 e. The minimum absolute atomic E-state index is 0.0956. The Kier molecular flexibility index (Phi) is 4.81. The van der Waals surface area contributed by atoms with Crippen LogP contribution in [0.3, 0.4) is 0 Å². The zero-order valence-electron chi connectivity index (χ0n) is 12.8. The highest BCUT2D eigenvalue weighted by Crippen LogP contribution is 2.27. The lowest BCUT2D eigenvalue weighted by Crippen LogP contribution is -2.28. The molecule has 132 valence electrons. The highest BCUT2D eigenvalue weighted by atomic mass is 35.5. The van der Waals surface area contributed by atoms with Gasteiger partial charge >= 0.3 is 0 Å². The van der Waals surface area contributed by atoms with Gasteiger partial charge in [-0.05, 0) is 30.3 Å². The number of thiophene rings is 1. The van der Waals surface area contributed by atoms with Crippen molar-refractivity contribution in [2.75, 3.05) is 11.6 Å². The Morgan fingerprint density at radius 2 is 2.16 bits per heavy atom. The molecule has 1 N–H and O–H groups in total. The quantitative estimate of drug-likeness (QED) is 0.796. The second kappa shape index (κ2) is 6.74. The average Bonchev–Trinajstić information content (AvgIpc) is 3.17. The fourth-order valence-corrected chi connectivity index (χ4v) is 3.86. The number of carbonyl (C=O) groups excluding carboxylic acids is 1. The Morgan fingerprint density at radius 1 is 1.40 bits per heavy atom. The first-order valence-electron chi connectivity index (χ1n) is 7.03. The molecule has 1 aliphatic heterocycles. The van der Waals surface area contributed by atoms with Crippen LogP contribution in [0.2, 0.25) is 4.34 Å².